The lowest BCUT2D eigenvalue weighted by atomic mass is 10.1. The molecule has 0 unspecified atom stereocenters. The third kappa shape index (κ3) is 2.82. The zero-order valence-electron chi connectivity index (χ0n) is 11.0. The van der Waals surface area contributed by atoms with Gasteiger partial charge in [0, 0.05) is 25.3 Å². The number of carboxylic acid groups (broad SMARTS) is 1. The van der Waals surface area contributed by atoms with Gasteiger partial charge < -0.3 is 14.9 Å². The van der Waals surface area contributed by atoms with E-state index < -0.39 is 5.97 Å². The number of benzene rings is 1. The van der Waals surface area contributed by atoms with Crippen LogP contribution in [0.1, 0.15) is 22.3 Å². The predicted molar refractivity (Wildman–Crippen MR) is 72.5 cm³/mol. The number of nitrogens with zero attached hydrogens (tertiary/aromatic N) is 2. The molecule has 0 radical (unpaired) electrons. The van der Waals surface area contributed by atoms with E-state index in [4.69, 9.17) is 5.11 Å². The van der Waals surface area contributed by atoms with Gasteiger partial charge >= 0.3 is 5.97 Å². The molecule has 4 heteroatoms. The highest BCUT2D eigenvalue weighted by Crippen LogP contribution is 2.20. The summed E-state index contributed by atoms with van der Waals surface area (Å²) in [7, 11) is 2.14. The fraction of sp³-hybridized carbons (Fsp3) is 0.500. The Hall–Kier alpha value is -1.55. The number of likely N-dealkylation sites (N-methyl/N-ethyl adjacent to an activating group) is 1. The summed E-state index contributed by atoms with van der Waals surface area (Å²) in [5.74, 6) is -0.852. The minimum Gasteiger partial charge on any atom is -0.478 e. The van der Waals surface area contributed by atoms with E-state index in [1.807, 2.05) is 19.1 Å². The monoisotopic (exact) mass is 248 g/mol. The lowest BCUT2D eigenvalue weighted by molar-refractivity contribution is 0.0696. The first-order valence-corrected chi connectivity index (χ1v) is 6.35. The van der Waals surface area contributed by atoms with Crippen LogP contribution in [0, 0.1) is 6.92 Å². The van der Waals surface area contributed by atoms with E-state index in [0.29, 0.717) is 5.56 Å². The average Bonchev–Trinajstić information content (AvgIpc) is 2.53. The summed E-state index contributed by atoms with van der Waals surface area (Å²) < 4.78 is 0. The van der Waals surface area contributed by atoms with Crippen LogP contribution in [-0.2, 0) is 0 Å². The van der Waals surface area contributed by atoms with Crippen molar-refractivity contribution >= 4 is 11.7 Å². The lowest BCUT2D eigenvalue weighted by Gasteiger charge is -2.23. The molecule has 98 valence electrons. The van der Waals surface area contributed by atoms with Crippen LogP contribution in [-0.4, -0.2) is 49.2 Å². The van der Waals surface area contributed by atoms with Gasteiger partial charge in [-0.15, -0.1) is 0 Å². The number of aromatic carboxylic acids is 1. The van der Waals surface area contributed by atoms with E-state index >= 15 is 0 Å². The summed E-state index contributed by atoms with van der Waals surface area (Å²) in [6.45, 7) is 6.08. The van der Waals surface area contributed by atoms with Gasteiger partial charge in [0.15, 0.2) is 0 Å². The Bertz CT molecular complexity index is 445. The second-order valence-corrected chi connectivity index (χ2v) is 4.95. The minimum atomic E-state index is -0.852. The SMILES string of the molecule is Cc1cc(N2CCCN(C)CC2)ccc1C(=O)O. The Morgan fingerprint density at radius 1 is 1.22 bits per heavy atom. The van der Waals surface area contributed by atoms with Gasteiger partial charge in [0.25, 0.3) is 0 Å². The average molecular weight is 248 g/mol. The molecule has 2 rings (SSSR count). The van der Waals surface area contributed by atoms with E-state index in [0.717, 1.165) is 43.9 Å². The molecule has 0 spiro atoms. The van der Waals surface area contributed by atoms with Crippen LogP contribution in [0.2, 0.25) is 0 Å². The van der Waals surface area contributed by atoms with Gasteiger partial charge in [-0.05, 0) is 50.7 Å². The quantitative estimate of drug-likeness (QED) is 0.867. The second kappa shape index (κ2) is 5.40. The molecule has 0 saturated carbocycles. The summed E-state index contributed by atoms with van der Waals surface area (Å²) in [5, 5.41) is 9.03. The summed E-state index contributed by atoms with van der Waals surface area (Å²) in [6.07, 6.45) is 1.15. The fourth-order valence-electron chi connectivity index (χ4n) is 2.39. The molecule has 1 N–H and O–H groups in total. The van der Waals surface area contributed by atoms with Gasteiger partial charge in [-0.1, -0.05) is 0 Å². The Labute approximate surface area is 108 Å². The number of carbonyl (C=O) groups is 1. The van der Waals surface area contributed by atoms with Crippen molar-refractivity contribution in [1.82, 2.24) is 4.90 Å². The van der Waals surface area contributed by atoms with Crippen molar-refractivity contribution in [2.75, 3.05) is 38.1 Å². The molecule has 0 aliphatic carbocycles. The Kier molecular flexibility index (Phi) is 3.87. The van der Waals surface area contributed by atoms with Gasteiger partial charge in [-0.2, -0.15) is 0 Å². The highest BCUT2D eigenvalue weighted by Gasteiger charge is 2.14. The zero-order chi connectivity index (χ0) is 13.1. The molecular formula is C14H20N2O2. The third-order valence-corrected chi connectivity index (χ3v) is 3.53. The maximum absolute atomic E-state index is 11.0. The van der Waals surface area contributed by atoms with Crippen LogP contribution >= 0.6 is 0 Å². The molecule has 1 heterocycles. The van der Waals surface area contributed by atoms with Crippen molar-refractivity contribution in [3.8, 4) is 0 Å². The van der Waals surface area contributed by atoms with E-state index in [9.17, 15) is 4.79 Å². The number of anilines is 1. The molecule has 1 aliphatic rings. The van der Waals surface area contributed by atoms with Crippen molar-refractivity contribution in [3.63, 3.8) is 0 Å². The zero-order valence-corrected chi connectivity index (χ0v) is 11.0. The summed E-state index contributed by atoms with van der Waals surface area (Å²) in [6, 6.07) is 5.61. The number of hydrogen-bond acceptors (Lipinski definition) is 3. The molecule has 1 aliphatic heterocycles. The molecular weight excluding hydrogens is 228 g/mol. The van der Waals surface area contributed by atoms with Crippen molar-refractivity contribution in [3.05, 3.63) is 29.3 Å². The molecule has 1 saturated heterocycles. The van der Waals surface area contributed by atoms with Gasteiger partial charge in [-0.25, -0.2) is 4.79 Å². The van der Waals surface area contributed by atoms with E-state index in [2.05, 4.69) is 16.8 Å². The predicted octanol–water partition coefficient (Wildman–Crippen LogP) is 1.84. The largest absolute Gasteiger partial charge is 0.478 e. The van der Waals surface area contributed by atoms with Crippen molar-refractivity contribution < 1.29 is 9.90 Å². The van der Waals surface area contributed by atoms with Crippen LogP contribution in [0.4, 0.5) is 5.69 Å². The van der Waals surface area contributed by atoms with E-state index in [1.54, 1.807) is 6.07 Å². The van der Waals surface area contributed by atoms with E-state index in [1.165, 1.54) is 0 Å². The second-order valence-electron chi connectivity index (χ2n) is 4.95. The Morgan fingerprint density at radius 3 is 2.67 bits per heavy atom. The lowest BCUT2D eigenvalue weighted by Crippen LogP contribution is -2.28. The first-order chi connectivity index (χ1) is 8.58. The molecule has 0 atom stereocenters. The minimum absolute atomic E-state index is 0.394. The topological polar surface area (TPSA) is 43.8 Å². The van der Waals surface area contributed by atoms with E-state index in [-0.39, 0.29) is 0 Å². The summed E-state index contributed by atoms with van der Waals surface area (Å²) in [4.78, 5) is 15.7. The molecule has 1 aromatic rings. The smallest absolute Gasteiger partial charge is 0.335 e. The molecule has 0 aromatic heterocycles. The standard InChI is InChI=1S/C14H20N2O2/c1-11-10-12(4-5-13(11)14(17)18)16-7-3-6-15(2)8-9-16/h4-5,10H,3,6-9H2,1-2H3,(H,17,18). The van der Waals surface area contributed by atoms with Gasteiger partial charge in [-0.3, -0.25) is 0 Å². The molecule has 18 heavy (non-hydrogen) atoms. The van der Waals surface area contributed by atoms with Crippen LogP contribution in [0.3, 0.4) is 0 Å². The summed E-state index contributed by atoms with van der Waals surface area (Å²) >= 11 is 0. The first-order valence-electron chi connectivity index (χ1n) is 6.35. The van der Waals surface area contributed by atoms with Crippen LogP contribution in [0.25, 0.3) is 0 Å². The van der Waals surface area contributed by atoms with Crippen molar-refractivity contribution in [2.45, 2.75) is 13.3 Å². The van der Waals surface area contributed by atoms with Crippen LogP contribution in [0.5, 0.6) is 0 Å². The van der Waals surface area contributed by atoms with Gasteiger partial charge in [0.2, 0.25) is 0 Å². The Balaban J connectivity index is 2.18. The van der Waals surface area contributed by atoms with Crippen LogP contribution < -0.4 is 4.90 Å². The van der Waals surface area contributed by atoms with Gasteiger partial charge in [0.05, 0.1) is 5.56 Å². The highest BCUT2D eigenvalue weighted by atomic mass is 16.4. The van der Waals surface area contributed by atoms with Crippen molar-refractivity contribution in [2.24, 2.45) is 0 Å². The number of carboxylic acids is 1. The maximum atomic E-state index is 11.0. The molecule has 1 aromatic carbocycles. The molecule has 0 bridgehead atoms. The first kappa shape index (κ1) is 12.9. The highest BCUT2D eigenvalue weighted by molar-refractivity contribution is 5.89. The fourth-order valence-corrected chi connectivity index (χ4v) is 2.39. The Morgan fingerprint density at radius 2 is 2.00 bits per heavy atom. The summed E-state index contributed by atoms with van der Waals surface area (Å²) in [5.41, 5.74) is 2.36. The molecule has 1 fully saturated rings. The normalized spacial score (nSPS) is 17.6. The number of hydrogen-bond donors (Lipinski definition) is 1. The third-order valence-electron chi connectivity index (χ3n) is 3.53. The van der Waals surface area contributed by atoms with Gasteiger partial charge in [0.1, 0.15) is 0 Å². The molecule has 4 nitrogen and oxygen atoms in total. The number of rotatable bonds is 2. The van der Waals surface area contributed by atoms with Crippen LogP contribution in [0.15, 0.2) is 18.2 Å². The maximum Gasteiger partial charge on any atom is 0.335 e. The molecule has 0 amide bonds. The van der Waals surface area contributed by atoms with Crippen molar-refractivity contribution in [1.29, 1.82) is 0 Å². The number of aryl methyl sites for hydroxylation is 1.